The van der Waals surface area contributed by atoms with E-state index in [-0.39, 0.29) is 11.8 Å². The number of ether oxygens (including phenoxy) is 1. The SMILES string of the molecule is CCOC(=O)c1c2sc(C(=O)c3ccc(Cl)cc3)c(C)c2n2ccccc12. The third-order valence-electron chi connectivity index (χ3n) is 4.49. The van der Waals surface area contributed by atoms with Crippen LogP contribution in [0.1, 0.15) is 38.1 Å². The van der Waals surface area contributed by atoms with Crippen molar-refractivity contribution in [3.05, 3.63) is 75.3 Å². The summed E-state index contributed by atoms with van der Waals surface area (Å²) in [5.41, 5.74) is 3.59. The Hall–Kier alpha value is -2.63. The Labute approximate surface area is 164 Å². The van der Waals surface area contributed by atoms with Crippen molar-refractivity contribution in [3.8, 4) is 0 Å². The van der Waals surface area contributed by atoms with E-state index >= 15 is 0 Å². The number of aromatic nitrogens is 1. The van der Waals surface area contributed by atoms with Crippen LogP contribution in [0.15, 0.2) is 48.7 Å². The summed E-state index contributed by atoms with van der Waals surface area (Å²) in [7, 11) is 0. The maximum absolute atomic E-state index is 13.0. The zero-order chi connectivity index (χ0) is 19.1. The third kappa shape index (κ3) is 2.83. The highest BCUT2D eigenvalue weighted by Gasteiger charge is 2.26. The molecule has 27 heavy (non-hydrogen) atoms. The highest BCUT2D eigenvalue weighted by molar-refractivity contribution is 7.21. The fourth-order valence-corrected chi connectivity index (χ4v) is 4.70. The quantitative estimate of drug-likeness (QED) is 0.336. The van der Waals surface area contributed by atoms with Gasteiger partial charge in [-0.05, 0) is 55.8 Å². The van der Waals surface area contributed by atoms with E-state index in [1.54, 1.807) is 31.2 Å². The number of carbonyl (C=O) groups excluding carboxylic acids is 2. The lowest BCUT2D eigenvalue weighted by molar-refractivity contribution is 0.0531. The van der Waals surface area contributed by atoms with E-state index in [9.17, 15) is 9.59 Å². The highest BCUT2D eigenvalue weighted by atomic mass is 35.5. The number of rotatable bonds is 4. The minimum Gasteiger partial charge on any atom is -0.462 e. The van der Waals surface area contributed by atoms with Gasteiger partial charge < -0.3 is 9.14 Å². The van der Waals surface area contributed by atoms with Gasteiger partial charge in [0.25, 0.3) is 0 Å². The van der Waals surface area contributed by atoms with Crippen LogP contribution < -0.4 is 0 Å². The van der Waals surface area contributed by atoms with Crippen LogP contribution in [0.5, 0.6) is 0 Å². The molecule has 0 aliphatic carbocycles. The van der Waals surface area contributed by atoms with Crippen LogP contribution in [0.3, 0.4) is 0 Å². The molecule has 0 spiro atoms. The molecule has 1 aromatic carbocycles. The van der Waals surface area contributed by atoms with Gasteiger partial charge in [0.15, 0.2) is 0 Å². The second kappa shape index (κ2) is 6.83. The summed E-state index contributed by atoms with van der Waals surface area (Å²) in [5, 5.41) is 0.583. The summed E-state index contributed by atoms with van der Waals surface area (Å²) in [4.78, 5) is 26.3. The van der Waals surface area contributed by atoms with E-state index in [4.69, 9.17) is 16.3 Å². The number of ketones is 1. The molecule has 3 aromatic heterocycles. The largest absolute Gasteiger partial charge is 0.462 e. The number of pyridine rings is 1. The van der Waals surface area contributed by atoms with Gasteiger partial charge in [-0.3, -0.25) is 4.79 Å². The molecule has 0 N–H and O–H groups in total. The van der Waals surface area contributed by atoms with Crippen LogP contribution in [0.25, 0.3) is 15.7 Å². The molecule has 0 amide bonds. The molecule has 136 valence electrons. The molecule has 0 radical (unpaired) electrons. The first-order valence-electron chi connectivity index (χ1n) is 8.52. The zero-order valence-electron chi connectivity index (χ0n) is 14.8. The predicted octanol–water partition coefficient (Wildman–Crippen LogP) is 5.52. The summed E-state index contributed by atoms with van der Waals surface area (Å²) in [5.74, 6) is -0.451. The molecule has 4 nitrogen and oxygen atoms in total. The second-order valence-electron chi connectivity index (χ2n) is 6.12. The molecule has 0 fully saturated rings. The highest BCUT2D eigenvalue weighted by Crippen LogP contribution is 2.38. The van der Waals surface area contributed by atoms with Crippen molar-refractivity contribution in [2.24, 2.45) is 0 Å². The Morgan fingerprint density at radius 1 is 1.15 bits per heavy atom. The maximum Gasteiger partial charge on any atom is 0.341 e. The number of fused-ring (bicyclic) bond motifs is 3. The number of hydrogen-bond donors (Lipinski definition) is 0. The van der Waals surface area contributed by atoms with Gasteiger partial charge in [0.05, 0.1) is 27.2 Å². The Kier molecular flexibility index (Phi) is 4.50. The summed E-state index contributed by atoms with van der Waals surface area (Å²) >= 11 is 7.26. The number of nitrogens with zero attached hydrogens (tertiary/aromatic N) is 1. The van der Waals surface area contributed by atoms with Crippen LogP contribution in [-0.2, 0) is 4.74 Å². The maximum atomic E-state index is 13.0. The smallest absolute Gasteiger partial charge is 0.341 e. The van der Waals surface area contributed by atoms with E-state index in [1.165, 1.54) is 11.3 Å². The fourth-order valence-electron chi connectivity index (χ4n) is 3.27. The van der Waals surface area contributed by atoms with Crippen molar-refractivity contribution in [3.63, 3.8) is 0 Å². The van der Waals surface area contributed by atoms with Crippen molar-refractivity contribution in [1.29, 1.82) is 0 Å². The lowest BCUT2D eigenvalue weighted by Crippen LogP contribution is -2.04. The average molecular weight is 398 g/mol. The van der Waals surface area contributed by atoms with Crippen molar-refractivity contribution < 1.29 is 14.3 Å². The van der Waals surface area contributed by atoms with Gasteiger partial charge in [-0.15, -0.1) is 11.3 Å². The first-order chi connectivity index (χ1) is 13.0. The summed E-state index contributed by atoms with van der Waals surface area (Å²) in [6.07, 6.45) is 1.90. The molecule has 4 rings (SSSR count). The lowest BCUT2D eigenvalue weighted by atomic mass is 10.1. The number of halogens is 1. The molecule has 4 aromatic rings. The van der Waals surface area contributed by atoms with Gasteiger partial charge in [0, 0.05) is 16.8 Å². The fraction of sp³-hybridized carbons (Fsp3) is 0.143. The second-order valence-corrected chi connectivity index (χ2v) is 7.58. The molecule has 0 aliphatic heterocycles. The zero-order valence-corrected chi connectivity index (χ0v) is 16.4. The molecule has 6 heteroatoms. The standard InChI is InChI=1S/C21H16ClNO3S/c1-3-26-21(25)16-15-6-4-5-11-23(15)17-12(2)19(27-20(16)17)18(24)13-7-9-14(22)10-8-13/h4-11H,3H2,1-2H3. The van der Waals surface area contributed by atoms with Gasteiger partial charge in [0.1, 0.15) is 5.56 Å². The topological polar surface area (TPSA) is 47.8 Å². The van der Waals surface area contributed by atoms with E-state index in [1.807, 2.05) is 35.7 Å². The van der Waals surface area contributed by atoms with Crippen LogP contribution in [0.2, 0.25) is 5.02 Å². The molecule has 0 atom stereocenters. The average Bonchev–Trinajstić information content (AvgIpc) is 3.16. The molecule has 0 unspecified atom stereocenters. The normalized spacial score (nSPS) is 11.2. The predicted molar refractivity (Wildman–Crippen MR) is 108 cm³/mol. The minimum absolute atomic E-state index is 0.0788. The number of esters is 1. The Morgan fingerprint density at radius 3 is 2.59 bits per heavy atom. The molecular weight excluding hydrogens is 382 g/mol. The van der Waals surface area contributed by atoms with Crippen LogP contribution in [0, 0.1) is 6.92 Å². The van der Waals surface area contributed by atoms with Crippen LogP contribution >= 0.6 is 22.9 Å². The molecule has 0 saturated heterocycles. The number of benzene rings is 1. The first-order valence-corrected chi connectivity index (χ1v) is 9.72. The van der Waals surface area contributed by atoms with Crippen molar-refractivity contribution in [2.75, 3.05) is 6.61 Å². The van der Waals surface area contributed by atoms with Gasteiger partial charge in [0.2, 0.25) is 5.78 Å². The minimum atomic E-state index is -0.372. The molecule has 0 bridgehead atoms. The van der Waals surface area contributed by atoms with E-state index in [0.29, 0.717) is 27.6 Å². The molecule has 0 aliphatic rings. The first kappa shape index (κ1) is 17.8. The Morgan fingerprint density at radius 2 is 1.89 bits per heavy atom. The van der Waals surface area contributed by atoms with Crippen molar-refractivity contribution in [2.45, 2.75) is 13.8 Å². The molecule has 3 heterocycles. The van der Waals surface area contributed by atoms with Gasteiger partial charge >= 0.3 is 5.97 Å². The monoisotopic (exact) mass is 397 g/mol. The third-order valence-corrected chi connectivity index (χ3v) is 6.04. The van der Waals surface area contributed by atoms with Crippen molar-refractivity contribution in [1.82, 2.24) is 4.40 Å². The van der Waals surface area contributed by atoms with Crippen LogP contribution in [0.4, 0.5) is 0 Å². The van der Waals surface area contributed by atoms with Gasteiger partial charge in [-0.25, -0.2) is 4.79 Å². The van der Waals surface area contributed by atoms with E-state index in [0.717, 1.165) is 21.3 Å². The number of thiophene rings is 1. The Balaban J connectivity index is 1.96. The number of carbonyl (C=O) groups is 2. The number of hydrogen-bond acceptors (Lipinski definition) is 4. The van der Waals surface area contributed by atoms with Crippen molar-refractivity contribution >= 4 is 50.4 Å². The molecular formula is C21H16ClNO3S. The summed E-state index contributed by atoms with van der Waals surface area (Å²) in [6.45, 7) is 3.99. The molecule has 0 saturated carbocycles. The summed E-state index contributed by atoms with van der Waals surface area (Å²) in [6, 6.07) is 12.5. The Bertz CT molecular complexity index is 1190. The lowest BCUT2D eigenvalue weighted by Gasteiger charge is -2.03. The summed E-state index contributed by atoms with van der Waals surface area (Å²) < 4.78 is 7.99. The van der Waals surface area contributed by atoms with Gasteiger partial charge in [-0.1, -0.05) is 17.7 Å². The number of aryl methyl sites for hydroxylation is 1. The van der Waals surface area contributed by atoms with Gasteiger partial charge in [-0.2, -0.15) is 0 Å². The van der Waals surface area contributed by atoms with E-state index < -0.39 is 0 Å². The van der Waals surface area contributed by atoms with E-state index in [2.05, 4.69) is 0 Å². The van der Waals surface area contributed by atoms with Crippen LogP contribution in [-0.4, -0.2) is 22.8 Å².